The molecule has 0 radical (unpaired) electrons. The molecule has 1 amide bonds. The molecule has 2 N–H and O–H groups in total. The molecule has 0 bridgehead atoms. The number of hydrogen-bond donors (Lipinski definition) is 2. The Kier molecular flexibility index (Phi) is 6.34. The predicted molar refractivity (Wildman–Crippen MR) is 105 cm³/mol. The van der Waals surface area contributed by atoms with Crippen LogP contribution in [0.2, 0.25) is 0 Å². The minimum absolute atomic E-state index is 0.263. The predicted octanol–water partition coefficient (Wildman–Crippen LogP) is 4.59. The van der Waals surface area contributed by atoms with Gasteiger partial charge in [-0.1, -0.05) is 12.1 Å². The van der Waals surface area contributed by atoms with Crippen LogP contribution in [0.1, 0.15) is 28.4 Å². The molecule has 4 nitrogen and oxygen atoms in total. The summed E-state index contributed by atoms with van der Waals surface area (Å²) >= 11 is 8.64. The lowest BCUT2D eigenvalue weighted by molar-refractivity contribution is 0.0977. The summed E-state index contributed by atoms with van der Waals surface area (Å²) in [5, 5.41) is 6.01. The summed E-state index contributed by atoms with van der Waals surface area (Å²) in [4.78, 5) is 12.3. The molecule has 6 heteroatoms. The van der Waals surface area contributed by atoms with E-state index in [1.807, 2.05) is 39.0 Å². The highest BCUT2D eigenvalue weighted by atomic mass is 79.9. The maximum Gasteiger partial charge on any atom is 0.257 e. The number of nitrogens with one attached hydrogen (secondary N) is 2. The fourth-order valence-electron chi connectivity index (χ4n) is 2.11. The van der Waals surface area contributed by atoms with Gasteiger partial charge in [0.25, 0.3) is 5.91 Å². The highest BCUT2D eigenvalue weighted by molar-refractivity contribution is 9.10. The Balaban J connectivity index is 2.05. The van der Waals surface area contributed by atoms with Crippen LogP contribution >= 0.6 is 28.1 Å². The van der Waals surface area contributed by atoms with Gasteiger partial charge in [-0.15, -0.1) is 0 Å². The summed E-state index contributed by atoms with van der Waals surface area (Å²) in [5.41, 5.74) is 3.55. The first-order valence-electron chi connectivity index (χ1n) is 7.52. The van der Waals surface area contributed by atoms with Crippen molar-refractivity contribution in [2.24, 2.45) is 0 Å². The molecule has 0 aliphatic heterocycles. The molecule has 0 fully saturated rings. The van der Waals surface area contributed by atoms with E-state index in [4.69, 9.17) is 17.0 Å². The lowest BCUT2D eigenvalue weighted by atomic mass is 10.1. The standard InChI is InChI=1S/C18H19BrN2O2S/c1-4-23-16-8-7-13(10-14(16)19)17(22)21-18(24)20-15-9-11(2)5-6-12(15)3/h5-10H,4H2,1-3H3,(H2,20,21,22,24). The highest BCUT2D eigenvalue weighted by Gasteiger charge is 2.11. The molecule has 0 saturated heterocycles. The summed E-state index contributed by atoms with van der Waals surface area (Å²) in [7, 11) is 0. The Morgan fingerprint density at radius 3 is 2.62 bits per heavy atom. The van der Waals surface area contributed by atoms with E-state index < -0.39 is 0 Å². The van der Waals surface area contributed by atoms with Gasteiger partial charge >= 0.3 is 0 Å². The molecule has 24 heavy (non-hydrogen) atoms. The molecule has 0 unspecified atom stereocenters. The van der Waals surface area contributed by atoms with Gasteiger partial charge in [0.2, 0.25) is 0 Å². The zero-order chi connectivity index (χ0) is 17.7. The third-order valence-electron chi connectivity index (χ3n) is 3.36. The largest absolute Gasteiger partial charge is 0.493 e. The highest BCUT2D eigenvalue weighted by Crippen LogP contribution is 2.26. The van der Waals surface area contributed by atoms with Crippen molar-refractivity contribution >= 4 is 44.9 Å². The number of aryl methyl sites for hydroxylation is 2. The fourth-order valence-corrected chi connectivity index (χ4v) is 2.81. The maximum absolute atomic E-state index is 12.3. The number of hydrogen-bond acceptors (Lipinski definition) is 3. The Labute approximate surface area is 155 Å². The monoisotopic (exact) mass is 406 g/mol. The summed E-state index contributed by atoms with van der Waals surface area (Å²) < 4.78 is 6.17. The SMILES string of the molecule is CCOc1ccc(C(=O)NC(=S)Nc2cc(C)ccc2C)cc1Br. The lowest BCUT2D eigenvalue weighted by Gasteiger charge is -2.13. The van der Waals surface area contributed by atoms with E-state index >= 15 is 0 Å². The molecule has 0 aliphatic carbocycles. The summed E-state index contributed by atoms with van der Waals surface area (Å²) in [6.07, 6.45) is 0. The van der Waals surface area contributed by atoms with Crippen molar-refractivity contribution in [2.75, 3.05) is 11.9 Å². The summed E-state index contributed by atoms with van der Waals surface area (Å²) in [5.74, 6) is 0.423. The first-order chi connectivity index (χ1) is 11.4. The van der Waals surface area contributed by atoms with Crippen LogP contribution in [0.15, 0.2) is 40.9 Å². The quantitative estimate of drug-likeness (QED) is 0.728. The Morgan fingerprint density at radius 1 is 1.21 bits per heavy atom. The summed E-state index contributed by atoms with van der Waals surface area (Å²) in [6.45, 7) is 6.46. The number of anilines is 1. The minimum atomic E-state index is -0.276. The van der Waals surface area contributed by atoms with E-state index in [1.165, 1.54) is 0 Å². The van der Waals surface area contributed by atoms with Crippen molar-refractivity contribution in [2.45, 2.75) is 20.8 Å². The first-order valence-corrected chi connectivity index (χ1v) is 8.72. The summed E-state index contributed by atoms with van der Waals surface area (Å²) in [6, 6.07) is 11.2. The van der Waals surface area contributed by atoms with Crippen LogP contribution in [0, 0.1) is 13.8 Å². The number of amides is 1. The number of rotatable bonds is 4. The fraction of sp³-hybridized carbons (Fsp3) is 0.222. The molecular formula is C18H19BrN2O2S. The van der Waals surface area contributed by atoms with Crippen LogP contribution < -0.4 is 15.4 Å². The van der Waals surface area contributed by atoms with Crippen molar-refractivity contribution in [3.05, 3.63) is 57.6 Å². The van der Waals surface area contributed by atoms with E-state index in [2.05, 4.69) is 26.6 Å². The molecule has 0 spiro atoms. The Hall–Kier alpha value is -1.92. The topological polar surface area (TPSA) is 50.4 Å². The maximum atomic E-state index is 12.3. The third-order valence-corrected chi connectivity index (χ3v) is 4.19. The van der Waals surface area contributed by atoms with Crippen LogP contribution in [-0.2, 0) is 0 Å². The van der Waals surface area contributed by atoms with Gasteiger partial charge in [0.15, 0.2) is 5.11 Å². The van der Waals surface area contributed by atoms with Crippen LogP contribution in [0.3, 0.4) is 0 Å². The molecule has 0 atom stereocenters. The van der Waals surface area contributed by atoms with Crippen molar-refractivity contribution in [3.63, 3.8) is 0 Å². The van der Waals surface area contributed by atoms with Crippen LogP contribution in [0.25, 0.3) is 0 Å². The van der Waals surface area contributed by atoms with E-state index in [0.29, 0.717) is 17.9 Å². The van der Waals surface area contributed by atoms with Gasteiger partial charge in [-0.2, -0.15) is 0 Å². The van der Waals surface area contributed by atoms with Gasteiger partial charge in [0, 0.05) is 11.3 Å². The number of benzene rings is 2. The Bertz CT molecular complexity index is 778. The van der Waals surface area contributed by atoms with E-state index in [-0.39, 0.29) is 11.0 Å². The number of carbonyl (C=O) groups excluding carboxylic acids is 1. The molecule has 0 saturated carbocycles. The number of thiocarbonyl (C=S) groups is 1. The lowest BCUT2D eigenvalue weighted by Crippen LogP contribution is -2.34. The molecular weight excluding hydrogens is 388 g/mol. The second kappa shape index (κ2) is 8.26. The minimum Gasteiger partial charge on any atom is -0.493 e. The van der Waals surface area contributed by atoms with Crippen LogP contribution in [-0.4, -0.2) is 17.6 Å². The molecule has 126 valence electrons. The van der Waals surface area contributed by atoms with E-state index in [9.17, 15) is 4.79 Å². The van der Waals surface area contributed by atoms with Gasteiger partial charge in [-0.05, 0) is 84.3 Å². The Morgan fingerprint density at radius 2 is 1.96 bits per heavy atom. The average molecular weight is 407 g/mol. The second-order valence-corrected chi connectivity index (χ2v) is 6.57. The van der Waals surface area contributed by atoms with Crippen LogP contribution in [0.5, 0.6) is 5.75 Å². The van der Waals surface area contributed by atoms with Gasteiger partial charge < -0.3 is 10.1 Å². The molecule has 2 aromatic carbocycles. The smallest absolute Gasteiger partial charge is 0.257 e. The molecule has 0 aromatic heterocycles. The zero-order valence-corrected chi connectivity index (χ0v) is 16.2. The van der Waals surface area contributed by atoms with Crippen molar-refractivity contribution < 1.29 is 9.53 Å². The van der Waals surface area contributed by atoms with Crippen molar-refractivity contribution in [1.29, 1.82) is 0 Å². The number of halogens is 1. The van der Waals surface area contributed by atoms with E-state index in [1.54, 1.807) is 18.2 Å². The van der Waals surface area contributed by atoms with Crippen LogP contribution in [0.4, 0.5) is 5.69 Å². The number of ether oxygens (including phenoxy) is 1. The molecule has 2 aromatic rings. The molecule has 2 rings (SSSR count). The van der Waals surface area contributed by atoms with E-state index in [0.717, 1.165) is 21.3 Å². The van der Waals surface area contributed by atoms with Gasteiger partial charge in [-0.25, -0.2) is 0 Å². The second-order valence-electron chi connectivity index (χ2n) is 5.30. The molecule has 0 heterocycles. The first kappa shape index (κ1) is 18.4. The molecule has 0 aliphatic rings. The van der Waals surface area contributed by atoms with Crippen molar-refractivity contribution in [1.82, 2.24) is 5.32 Å². The third kappa shape index (κ3) is 4.79. The van der Waals surface area contributed by atoms with Crippen molar-refractivity contribution in [3.8, 4) is 5.75 Å². The average Bonchev–Trinajstić information content (AvgIpc) is 2.53. The number of carbonyl (C=O) groups is 1. The zero-order valence-electron chi connectivity index (χ0n) is 13.8. The normalized spacial score (nSPS) is 10.2. The van der Waals surface area contributed by atoms with Gasteiger partial charge in [0.1, 0.15) is 5.75 Å². The van der Waals surface area contributed by atoms with Gasteiger partial charge in [0.05, 0.1) is 11.1 Å². The van der Waals surface area contributed by atoms with Gasteiger partial charge in [-0.3, -0.25) is 10.1 Å².